The Morgan fingerprint density at radius 2 is 1.63 bits per heavy atom. The lowest BCUT2D eigenvalue weighted by molar-refractivity contribution is 0.356. The summed E-state index contributed by atoms with van der Waals surface area (Å²) in [7, 11) is -0.220. The second-order valence-corrected chi connectivity index (χ2v) is 10.0. The van der Waals surface area contributed by atoms with Gasteiger partial charge < -0.3 is 14.8 Å². The van der Waals surface area contributed by atoms with E-state index in [4.69, 9.17) is 9.47 Å². The van der Waals surface area contributed by atoms with E-state index in [2.05, 4.69) is 20.0 Å². The fourth-order valence-corrected chi connectivity index (χ4v) is 4.55. The first-order valence-corrected chi connectivity index (χ1v) is 12.9. The SMILES string of the molecule is COc1cc2nc(C)nc(N[C@H](C)c3cccc(-c4ccccc4NS(C)(=O)=O)c3)c2cc1OC. The number of sulfonamides is 1. The third-order valence-corrected chi connectivity index (χ3v) is 6.18. The molecule has 8 nitrogen and oxygen atoms in total. The molecule has 0 radical (unpaired) electrons. The average Bonchev–Trinajstić information content (AvgIpc) is 2.82. The predicted molar refractivity (Wildman–Crippen MR) is 140 cm³/mol. The van der Waals surface area contributed by atoms with Gasteiger partial charge in [-0.3, -0.25) is 4.72 Å². The molecule has 0 saturated carbocycles. The predicted octanol–water partition coefficient (Wildman–Crippen LogP) is 5.17. The highest BCUT2D eigenvalue weighted by Gasteiger charge is 2.16. The van der Waals surface area contributed by atoms with E-state index in [9.17, 15) is 8.42 Å². The van der Waals surface area contributed by atoms with E-state index in [1.54, 1.807) is 26.4 Å². The first-order valence-electron chi connectivity index (χ1n) is 11.0. The molecular formula is C26H28N4O4S. The van der Waals surface area contributed by atoms with Gasteiger partial charge in [0.05, 0.1) is 31.7 Å². The third kappa shape index (κ3) is 5.46. The normalized spacial score (nSPS) is 12.3. The van der Waals surface area contributed by atoms with Crippen LogP contribution in [0.15, 0.2) is 60.7 Å². The van der Waals surface area contributed by atoms with E-state index in [0.29, 0.717) is 28.8 Å². The Kier molecular flexibility index (Phi) is 6.79. The van der Waals surface area contributed by atoms with Crippen molar-refractivity contribution in [3.8, 4) is 22.6 Å². The van der Waals surface area contributed by atoms with E-state index < -0.39 is 10.0 Å². The van der Waals surface area contributed by atoms with Crippen LogP contribution in [0.1, 0.15) is 24.4 Å². The molecule has 0 fully saturated rings. The number of anilines is 2. The fourth-order valence-electron chi connectivity index (χ4n) is 3.97. The highest BCUT2D eigenvalue weighted by Crippen LogP contribution is 2.36. The Balaban J connectivity index is 1.70. The zero-order valence-corrected chi connectivity index (χ0v) is 21.1. The number of methoxy groups -OCH3 is 2. The van der Waals surface area contributed by atoms with Crippen LogP contribution < -0.4 is 19.5 Å². The maximum atomic E-state index is 11.8. The van der Waals surface area contributed by atoms with Crippen molar-refractivity contribution in [2.24, 2.45) is 0 Å². The summed E-state index contributed by atoms with van der Waals surface area (Å²) in [5, 5.41) is 4.32. The lowest BCUT2D eigenvalue weighted by atomic mass is 9.99. The van der Waals surface area contributed by atoms with E-state index in [1.807, 2.05) is 62.4 Å². The van der Waals surface area contributed by atoms with Crippen LogP contribution in [0.5, 0.6) is 11.5 Å². The summed E-state index contributed by atoms with van der Waals surface area (Å²) in [5.41, 5.74) is 4.00. The molecule has 9 heteroatoms. The van der Waals surface area contributed by atoms with Crippen LogP contribution in [0.2, 0.25) is 0 Å². The first-order chi connectivity index (χ1) is 16.7. The van der Waals surface area contributed by atoms with Crippen LogP contribution in [0.4, 0.5) is 11.5 Å². The minimum atomic E-state index is -3.41. The van der Waals surface area contributed by atoms with Gasteiger partial charge in [-0.05, 0) is 43.2 Å². The summed E-state index contributed by atoms with van der Waals surface area (Å²) in [6, 6.07) is 18.9. The van der Waals surface area contributed by atoms with Gasteiger partial charge in [0.15, 0.2) is 11.5 Å². The van der Waals surface area contributed by atoms with Gasteiger partial charge in [0.25, 0.3) is 0 Å². The number of hydrogen-bond donors (Lipinski definition) is 2. The van der Waals surface area contributed by atoms with Gasteiger partial charge in [-0.15, -0.1) is 0 Å². The van der Waals surface area contributed by atoms with Gasteiger partial charge in [0.2, 0.25) is 10.0 Å². The van der Waals surface area contributed by atoms with Gasteiger partial charge in [-0.25, -0.2) is 18.4 Å². The Morgan fingerprint density at radius 3 is 2.34 bits per heavy atom. The van der Waals surface area contributed by atoms with E-state index in [1.165, 1.54) is 0 Å². The summed E-state index contributed by atoms with van der Waals surface area (Å²) in [6.45, 7) is 3.89. The molecule has 0 saturated heterocycles. The second kappa shape index (κ2) is 9.79. The van der Waals surface area contributed by atoms with Crippen molar-refractivity contribution in [1.82, 2.24) is 9.97 Å². The molecule has 0 aliphatic heterocycles. The molecule has 0 bridgehead atoms. The molecule has 3 aromatic carbocycles. The lowest BCUT2D eigenvalue weighted by Crippen LogP contribution is -2.11. The molecule has 2 N–H and O–H groups in total. The third-order valence-electron chi connectivity index (χ3n) is 5.59. The van der Waals surface area contributed by atoms with Crippen LogP contribution in [-0.2, 0) is 10.0 Å². The average molecular weight is 493 g/mol. The summed E-state index contributed by atoms with van der Waals surface area (Å²) in [5.74, 6) is 2.52. The molecule has 1 aromatic heterocycles. The zero-order valence-electron chi connectivity index (χ0n) is 20.3. The Labute approximate surface area is 205 Å². The molecule has 35 heavy (non-hydrogen) atoms. The molecule has 0 aliphatic carbocycles. The maximum absolute atomic E-state index is 11.8. The van der Waals surface area contributed by atoms with Crippen molar-refractivity contribution in [3.05, 3.63) is 72.1 Å². The number of fused-ring (bicyclic) bond motifs is 1. The van der Waals surface area contributed by atoms with E-state index in [-0.39, 0.29) is 6.04 Å². The van der Waals surface area contributed by atoms with Gasteiger partial charge in [0, 0.05) is 23.1 Å². The molecule has 182 valence electrons. The van der Waals surface area contributed by atoms with E-state index >= 15 is 0 Å². The van der Waals surface area contributed by atoms with Crippen molar-refractivity contribution in [3.63, 3.8) is 0 Å². The van der Waals surface area contributed by atoms with E-state index in [0.717, 1.165) is 33.8 Å². The smallest absolute Gasteiger partial charge is 0.229 e. The van der Waals surface area contributed by atoms with Crippen LogP contribution in [0.25, 0.3) is 22.0 Å². The van der Waals surface area contributed by atoms with Crippen LogP contribution in [0.3, 0.4) is 0 Å². The molecule has 4 rings (SSSR count). The van der Waals surface area contributed by atoms with Crippen LogP contribution >= 0.6 is 0 Å². The number of rotatable bonds is 8. The number of ether oxygens (including phenoxy) is 2. The van der Waals surface area contributed by atoms with Gasteiger partial charge >= 0.3 is 0 Å². The minimum Gasteiger partial charge on any atom is -0.493 e. The van der Waals surface area contributed by atoms with Crippen LogP contribution in [-0.4, -0.2) is 38.9 Å². The summed E-state index contributed by atoms with van der Waals surface area (Å²) < 4.78 is 37.2. The second-order valence-electron chi connectivity index (χ2n) is 8.26. The maximum Gasteiger partial charge on any atom is 0.229 e. The van der Waals surface area contributed by atoms with Gasteiger partial charge in [-0.1, -0.05) is 36.4 Å². The highest BCUT2D eigenvalue weighted by atomic mass is 32.2. The topological polar surface area (TPSA) is 102 Å². The number of benzene rings is 3. The largest absolute Gasteiger partial charge is 0.493 e. The number of nitrogens with one attached hydrogen (secondary N) is 2. The number of aryl methyl sites for hydroxylation is 1. The minimum absolute atomic E-state index is 0.101. The van der Waals surface area contributed by atoms with Gasteiger partial charge in [-0.2, -0.15) is 0 Å². The molecule has 4 aromatic rings. The fraction of sp³-hybridized carbons (Fsp3) is 0.231. The Hall–Kier alpha value is -3.85. The summed E-state index contributed by atoms with van der Waals surface area (Å²) in [6.07, 6.45) is 1.14. The van der Waals surface area contributed by atoms with Crippen molar-refractivity contribution in [2.75, 3.05) is 30.5 Å². The quantitative estimate of drug-likeness (QED) is 0.350. The number of para-hydroxylation sites is 1. The molecular weight excluding hydrogens is 464 g/mol. The molecule has 0 unspecified atom stereocenters. The zero-order chi connectivity index (χ0) is 25.2. The van der Waals surface area contributed by atoms with Crippen LogP contribution in [0, 0.1) is 6.92 Å². The molecule has 1 heterocycles. The molecule has 1 atom stereocenters. The van der Waals surface area contributed by atoms with Gasteiger partial charge in [0.1, 0.15) is 11.6 Å². The Bertz CT molecular complexity index is 1490. The summed E-state index contributed by atoms with van der Waals surface area (Å²) >= 11 is 0. The van der Waals surface area contributed by atoms with Crippen molar-refractivity contribution >= 4 is 32.4 Å². The standard InChI is InChI=1S/C26H28N4O4S/c1-16(27-26-21-14-24(33-3)25(34-4)15-23(21)28-17(2)29-26)18-9-8-10-19(13-18)20-11-6-7-12-22(20)30-35(5,31)32/h6-16,30H,1-5H3,(H,27,28,29)/t16-/m1/s1. The number of nitrogens with zero attached hydrogens (tertiary/aromatic N) is 2. The van der Waals surface area contributed by atoms with Crippen molar-refractivity contribution in [1.29, 1.82) is 0 Å². The van der Waals surface area contributed by atoms with Crippen molar-refractivity contribution < 1.29 is 17.9 Å². The molecule has 0 aliphatic rings. The molecule has 0 spiro atoms. The monoisotopic (exact) mass is 492 g/mol. The number of aromatic nitrogens is 2. The lowest BCUT2D eigenvalue weighted by Gasteiger charge is -2.19. The molecule has 0 amide bonds. The Morgan fingerprint density at radius 1 is 0.914 bits per heavy atom. The van der Waals surface area contributed by atoms with Crippen molar-refractivity contribution in [2.45, 2.75) is 19.9 Å². The highest BCUT2D eigenvalue weighted by molar-refractivity contribution is 7.92. The first kappa shape index (κ1) is 24.3. The summed E-state index contributed by atoms with van der Waals surface area (Å²) in [4.78, 5) is 9.19. The number of hydrogen-bond acceptors (Lipinski definition) is 7.